The molecule has 0 spiro atoms. The van der Waals surface area contributed by atoms with Crippen LogP contribution in [-0.2, 0) is 0 Å². The second-order valence-corrected chi connectivity index (χ2v) is 6.88. The van der Waals surface area contributed by atoms with Gasteiger partial charge < -0.3 is 18.1 Å². The Bertz CT molecular complexity index is 633. The zero-order valence-corrected chi connectivity index (χ0v) is 16.0. The first kappa shape index (κ1) is 21.0. The first-order valence-corrected chi connectivity index (χ1v) is 9.06. The minimum Gasteiger partial charge on any atom is -0.494 e. The fourth-order valence-corrected chi connectivity index (χ4v) is 3.48. The van der Waals surface area contributed by atoms with Crippen LogP contribution in [0, 0.1) is 13.8 Å². The van der Waals surface area contributed by atoms with Crippen LogP contribution >= 0.6 is 8.58 Å². The van der Waals surface area contributed by atoms with Gasteiger partial charge in [0.25, 0.3) is 0 Å². The number of carbonyl (C=O) groups excluding carboxylic acids is 1. The van der Waals surface area contributed by atoms with E-state index in [0.717, 1.165) is 40.8 Å². The van der Waals surface area contributed by atoms with Crippen molar-refractivity contribution in [2.24, 2.45) is 0 Å². The molecule has 4 heteroatoms. The Kier molecular flexibility index (Phi) is 9.38. The number of hydrogen-bond acceptors (Lipinski definition) is 2. The SMILES string of the molecule is CCCCCOc1ccc([P-]C(=O)c2c(C)cccc2C)cc1.[Li+]. The number of aryl methyl sites for hydroxylation is 2. The zero-order chi connectivity index (χ0) is 16.7. The molecule has 2 rings (SSSR count). The number of unbranched alkanes of at least 4 members (excludes halogenated alkanes) is 2. The molecule has 24 heavy (non-hydrogen) atoms. The van der Waals surface area contributed by atoms with Crippen LogP contribution < -0.4 is 28.9 Å². The standard InChI is InChI=1S/C20H24O2P.Li/c1-4-5-6-14-22-17-10-12-18(13-11-17)23-20(21)19-15(2)8-7-9-16(19)3;/h7-13H,4-6,14H2,1-3H3;/q-1;+1. The molecule has 0 fully saturated rings. The molecule has 2 aromatic rings. The third-order valence-electron chi connectivity index (χ3n) is 3.78. The molecule has 0 N–H and O–H groups in total. The summed E-state index contributed by atoms with van der Waals surface area (Å²) in [7, 11) is 0.712. The van der Waals surface area contributed by atoms with Gasteiger partial charge in [-0.05, 0) is 49.1 Å². The molecule has 122 valence electrons. The largest absolute Gasteiger partial charge is 1.00 e. The number of ether oxygens (including phenoxy) is 1. The van der Waals surface area contributed by atoms with E-state index >= 15 is 0 Å². The molecule has 0 aromatic heterocycles. The Morgan fingerprint density at radius 2 is 1.62 bits per heavy atom. The van der Waals surface area contributed by atoms with E-state index in [1.54, 1.807) is 0 Å². The summed E-state index contributed by atoms with van der Waals surface area (Å²) in [6.45, 7) is 6.92. The van der Waals surface area contributed by atoms with Gasteiger partial charge in [0, 0.05) is 5.52 Å². The first-order valence-electron chi connectivity index (χ1n) is 8.17. The number of hydrogen-bond donors (Lipinski definition) is 0. The van der Waals surface area contributed by atoms with Crippen LogP contribution in [0.1, 0.15) is 47.7 Å². The van der Waals surface area contributed by atoms with Gasteiger partial charge in [0.1, 0.15) is 5.75 Å². The van der Waals surface area contributed by atoms with Gasteiger partial charge >= 0.3 is 18.9 Å². The second kappa shape index (κ2) is 10.7. The summed E-state index contributed by atoms with van der Waals surface area (Å²) in [6.07, 6.45) is 3.48. The van der Waals surface area contributed by atoms with Gasteiger partial charge in [-0.2, -0.15) is 5.30 Å². The Hall–Kier alpha value is -1.06. The minimum atomic E-state index is 0. The summed E-state index contributed by atoms with van der Waals surface area (Å²) < 4.78 is 5.70. The molecule has 2 nitrogen and oxygen atoms in total. The molecule has 0 heterocycles. The number of carbonyl (C=O) groups is 1. The van der Waals surface area contributed by atoms with Crippen LogP contribution in [0.2, 0.25) is 0 Å². The summed E-state index contributed by atoms with van der Waals surface area (Å²) in [5, 5.41) is 0.999. The van der Waals surface area contributed by atoms with Gasteiger partial charge in [0.2, 0.25) is 0 Å². The van der Waals surface area contributed by atoms with E-state index in [0.29, 0.717) is 8.58 Å². The fraction of sp³-hybridized carbons (Fsp3) is 0.350. The Morgan fingerprint density at radius 3 is 2.21 bits per heavy atom. The summed E-state index contributed by atoms with van der Waals surface area (Å²) in [6, 6.07) is 13.8. The Balaban J connectivity index is 0.00000288. The molecule has 2 aromatic carbocycles. The molecular formula is C20H24LiO2P. The van der Waals surface area contributed by atoms with E-state index in [2.05, 4.69) is 6.92 Å². The van der Waals surface area contributed by atoms with Crippen molar-refractivity contribution in [1.29, 1.82) is 0 Å². The van der Waals surface area contributed by atoms with Gasteiger partial charge in [0.05, 0.1) is 6.61 Å². The van der Waals surface area contributed by atoms with Crippen LogP contribution in [0.15, 0.2) is 42.5 Å². The van der Waals surface area contributed by atoms with Crippen molar-refractivity contribution in [1.82, 2.24) is 0 Å². The van der Waals surface area contributed by atoms with Crippen LogP contribution in [0.25, 0.3) is 0 Å². The molecule has 0 aliphatic carbocycles. The first-order chi connectivity index (χ1) is 11.1. The van der Waals surface area contributed by atoms with Crippen molar-refractivity contribution in [3.63, 3.8) is 0 Å². The summed E-state index contributed by atoms with van der Waals surface area (Å²) in [5.74, 6) is 0.875. The normalized spacial score (nSPS) is 10.6. The quantitative estimate of drug-likeness (QED) is 0.421. The van der Waals surface area contributed by atoms with Gasteiger partial charge in [-0.15, -0.1) is 0 Å². The third-order valence-corrected chi connectivity index (χ3v) is 4.76. The van der Waals surface area contributed by atoms with Gasteiger partial charge in [-0.3, -0.25) is 0 Å². The van der Waals surface area contributed by atoms with Crippen molar-refractivity contribution in [3.05, 3.63) is 59.2 Å². The Labute approximate surface area is 159 Å². The molecule has 0 saturated carbocycles. The van der Waals surface area contributed by atoms with E-state index < -0.39 is 0 Å². The van der Waals surface area contributed by atoms with Crippen molar-refractivity contribution in [2.45, 2.75) is 40.0 Å². The van der Waals surface area contributed by atoms with Crippen molar-refractivity contribution >= 4 is 19.4 Å². The van der Waals surface area contributed by atoms with Crippen LogP contribution in [-0.4, -0.2) is 12.1 Å². The maximum absolute atomic E-state index is 12.5. The maximum Gasteiger partial charge on any atom is 1.00 e. The summed E-state index contributed by atoms with van der Waals surface area (Å²) >= 11 is 0. The molecule has 0 radical (unpaired) electrons. The van der Waals surface area contributed by atoms with Crippen molar-refractivity contribution in [3.8, 4) is 5.75 Å². The molecule has 0 bridgehead atoms. The molecular weight excluding hydrogens is 310 g/mol. The summed E-state index contributed by atoms with van der Waals surface area (Å²) in [5.41, 5.74) is 3.07. The van der Waals surface area contributed by atoms with E-state index in [-0.39, 0.29) is 24.4 Å². The average molecular weight is 334 g/mol. The van der Waals surface area contributed by atoms with Crippen molar-refractivity contribution < 1.29 is 28.4 Å². The molecule has 0 unspecified atom stereocenters. The topological polar surface area (TPSA) is 26.3 Å². The second-order valence-electron chi connectivity index (χ2n) is 5.73. The van der Waals surface area contributed by atoms with E-state index in [9.17, 15) is 4.79 Å². The predicted molar refractivity (Wildman–Crippen MR) is 98.3 cm³/mol. The fourth-order valence-electron chi connectivity index (χ4n) is 2.48. The maximum atomic E-state index is 12.5. The van der Waals surface area contributed by atoms with Crippen LogP contribution in [0.5, 0.6) is 5.75 Å². The van der Waals surface area contributed by atoms with Gasteiger partial charge in [-0.25, -0.2) is 0 Å². The van der Waals surface area contributed by atoms with Crippen LogP contribution in [0.3, 0.4) is 0 Å². The van der Waals surface area contributed by atoms with E-state index in [1.165, 1.54) is 12.8 Å². The zero-order valence-electron chi connectivity index (χ0n) is 15.1. The Morgan fingerprint density at radius 1 is 1.00 bits per heavy atom. The monoisotopic (exact) mass is 334 g/mol. The molecule has 0 aliphatic rings. The number of benzene rings is 2. The predicted octanol–water partition coefficient (Wildman–Crippen LogP) is 2.29. The van der Waals surface area contributed by atoms with Crippen LogP contribution in [0.4, 0.5) is 0 Å². The molecule has 0 amide bonds. The minimum absolute atomic E-state index is 0. The third kappa shape index (κ3) is 6.10. The van der Waals surface area contributed by atoms with Gasteiger partial charge in [0.15, 0.2) is 0 Å². The molecule has 0 aliphatic heterocycles. The smallest absolute Gasteiger partial charge is 0.494 e. The average Bonchev–Trinajstić information content (AvgIpc) is 2.53. The van der Waals surface area contributed by atoms with Crippen molar-refractivity contribution in [2.75, 3.05) is 6.61 Å². The summed E-state index contributed by atoms with van der Waals surface area (Å²) in [4.78, 5) is 12.5. The van der Waals surface area contributed by atoms with E-state index in [1.807, 2.05) is 56.3 Å². The van der Waals surface area contributed by atoms with Gasteiger partial charge in [-0.1, -0.05) is 50.1 Å². The molecule has 0 saturated heterocycles. The molecule has 0 atom stereocenters. The number of rotatable bonds is 8. The van der Waals surface area contributed by atoms with E-state index in [4.69, 9.17) is 4.74 Å².